The Bertz CT molecular complexity index is 640. The molecule has 1 N–H and O–H groups in total. The molecule has 26 heavy (non-hydrogen) atoms. The number of para-hydroxylation sites is 1. The zero-order chi connectivity index (χ0) is 18.3. The third-order valence-corrected chi connectivity index (χ3v) is 4.54. The van der Waals surface area contributed by atoms with Gasteiger partial charge < -0.3 is 5.32 Å². The molecule has 3 aromatic rings. The second kappa shape index (κ2) is 13.0. The van der Waals surface area contributed by atoms with Crippen molar-refractivity contribution in [1.29, 1.82) is 0 Å². The first kappa shape index (κ1) is 20.0. The molecule has 0 spiro atoms. The minimum absolute atomic E-state index is 1.11. The first-order chi connectivity index (χ1) is 12.9. The van der Waals surface area contributed by atoms with Crippen LogP contribution in [0, 0.1) is 0 Å². The Morgan fingerprint density at radius 1 is 0.538 bits per heavy atom. The molecule has 0 fully saturated rings. The maximum absolute atomic E-state index is 3.45. The number of hydrogen-bond acceptors (Lipinski definition) is 1. The van der Waals surface area contributed by atoms with Gasteiger partial charge in [0, 0.05) is 12.2 Å². The van der Waals surface area contributed by atoms with Gasteiger partial charge in [0.2, 0.25) is 0 Å². The van der Waals surface area contributed by atoms with E-state index in [1.807, 2.05) is 0 Å². The summed E-state index contributed by atoms with van der Waals surface area (Å²) in [5, 5.41) is 6.07. The molecule has 0 aromatic heterocycles. The Morgan fingerprint density at radius 2 is 1.00 bits per heavy atom. The van der Waals surface area contributed by atoms with Crippen molar-refractivity contribution in [2.24, 2.45) is 0 Å². The smallest absolute Gasteiger partial charge is 0.0340 e. The van der Waals surface area contributed by atoms with Crippen molar-refractivity contribution in [1.82, 2.24) is 0 Å². The molecule has 0 unspecified atom stereocenters. The number of nitrogens with one attached hydrogen (secondary N) is 1. The van der Waals surface area contributed by atoms with Crippen molar-refractivity contribution in [2.75, 3.05) is 11.9 Å². The molecule has 1 nitrogen and oxygen atoms in total. The van der Waals surface area contributed by atoms with E-state index in [4.69, 9.17) is 0 Å². The first-order valence-electron chi connectivity index (χ1n) is 10.1. The van der Waals surface area contributed by atoms with E-state index in [0.29, 0.717) is 0 Å². The van der Waals surface area contributed by atoms with Crippen molar-refractivity contribution < 1.29 is 0 Å². The van der Waals surface area contributed by atoms with E-state index in [0.717, 1.165) is 6.54 Å². The van der Waals surface area contributed by atoms with E-state index in [1.54, 1.807) is 0 Å². The van der Waals surface area contributed by atoms with Crippen LogP contribution in [0.2, 0.25) is 0 Å². The lowest BCUT2D eigenvalue weighted by molar-refractivity contribution is 0.596. The average Bonchev–Trinajstić information content (AvgIpc) is 2.71. The minimum atomic E-state index is 1.11. The Labute approximate surface area is 159 Å². The zero-order valence-electron chi connectivity index (χ0n) is 16.2. The molecule has 3 aromatic carbocycles. The molecule has 1 heteroatoms. The number of rotatable bonds is 9. The molecule has 0 amide bonds. The van der Waals surface area contributed by atoms with Gasteiger partial charge in [0.15, 0.2) is 0 Å². The molecule has 0 bridgehead atoms. The summed E-state index contributed by atoms with van der Waals surface area (Å²) >= 11 is 0. The van der Waals surface area contributed by atoms with Crippen LogP contribution in [0.1, 0.15) is 51.9 Å². The molecular weight excluding hydrogens is 314 g/mol. The van der Waals surface area contributed by atoms with Crippen LogP contribution < -0.4 is 5.32 Å². The van der Waals surface area contributed by atoms with Gasteiger partial charge in [-0.15, -0.1) is 0 Å². The van der Waals surface area contributed by atoms with Gasteiger partial charge >= 0.3 is 0 Å². The maximum atomic E-state index is 3.45. The van der Waals surface area contributed by atoms with Crippen LogP contribution >= 0.6 is 0 Å². The van der Waals surface area contributed by atoms with Crippen molar-refractivity contribution in [3.05, 3.63) is 78.9 Å². The van der Waals surface area contributed by atoms with Gasteiger partial charge in [-0.3, -0.25) is 0 Å². The number of fused-ring (bicyclic) bond motifs is 1. The second-order valence-electron chi connectivity index (χ2n) is 6.76. The molecule has 0 heterocycles. The van der Waals surface area contributed by atoms with Gasteiger partial charge in [-0.1, -0.05) is 112 Å². The second-order valence-corrected chi connectivity index (χ2v) is 6.76. The molecule has 3 rings (SSSR count). The van der Waals surface area contributed by atoms with Crippen molar-refractivity contribution in [2.45, 2.75) is 51.9 Å². The summed E-state index contributed by atoms with van der Waals surface area (Å²) in [5.41, 5.74) is 1.24. The van der Waals surface area contributed by atoms with Crippen LogP contribution in [0.15, 0.2) is 78.9 Å². The standard InChI is InChI=1S/C15H25N.C10H8/c1-2-3-4-5-6-7-11-14-16-15-12-9-8-10-13-15;1-2-6-10-8-4-3-7-9(10)5-1/h8-10,12-13,16H,2-7,11,14H2,1H3;1-8H. The highest BCUT2D eigenvalue weighted by atomic mass is 14.9. The largest absolute Gasteiger partial charge is 0.385 e. The maximum Gasteiger partial charge on any atom is 0.0340 e. The molecule has 0 saturated carbocycles. The summed E-state index contributed by atoms with van der Waals surface area (Å²) in [5.74, 6) is 0. The highest BCUT2D eigenvalue weighted by molar-refractivity contribution is 5.82. The van der Waals surface area contributed by atoms with Gasteiger partial charge in [0.05, 0.1) is 0 Å². The highest BCUT2D eigenvalue weighted by Crippen LogP contribution is 2.11. The number of hydrogen-bond donors (Lipinski definition) is 1. The summed E-state index contributed by atoms with van der Waals surface area (Å²) in [6.07, 6.45) is 9.64. The van der Waals surface area contributed by atoms with Crippen molar-refractivity contribution in [3.63, 3.8) is 0 Å². The molecule has 0 aliphatic heterocycles. The van der Waals surface area contributed by atoms with E-state index in [-0.39, 0.29) is 0 Å². The van der Waals surface area contributed by atoms with Crippen molar-refractivity contribution >= 4 is 16.5 Å². The summed E-state index contributed by atoms with van der Waals surface area (Å²) in [6.45, 7) is 3.38. The Hall–Kier alpha value is -2.28. The summed E-state index contributed by atoms with van der Waals surface area (Å²) in [4.78, 5) is 0. The fourth-order valence-corrected chi connectivity index (χ4v) is 3.00. The highest BCUT2D eigenvalue weighted by Gasteiger charge is 1.92. The molecule has 138 valence electrons. The third-order valence-electron chi connectivity index (χ3n) is 4.54. The SMILES string of the molecule is CCCCCCCCCNc1ccccc1.c1ccc2ccccc2c1. The lowest BCUT2D eigenvalue weighted by Crippen LogP contribution is -2.00. The van der Waals surface area contributed by atoms with Crippen LogP contribution in [0.4, 0.5) is 5.69 Å². The van der Waals surface area contributed by atoms with Gasteiger partial charge in [-0.2, -0.15) is 0 Å². The summed E-state index contributed by atoms with van der Waals surface area (Å²) < 4.78 is 0. The average molecular weight is 348 g/mol. The molecule has 0 aliphatic carbocycles. The van der Waals surface area contributed by atoms with Gasteiger partial charge in [-0.05, 0) is 29.3 Å². The number of unbranched alkanes of at least 4 members (excludes halogenated alkanes) is 6. The zero-order valence-corrected chi connectivity index (χ0v) is 16.2. The van der Waals surface area contributed by atoms with Crippen molar-refractivity contribution in [3.8, 4) is 0 Å². The lowest BCUT2D eigenvalue weighted by Gasteiger charge is -2.05. The van der Waals surface area contributed by atoms with E-state index in [1.165, 1.54) is 61.4 Å². The van der Waals surface area contributed by atoms with Crippen LogP contribution in [-0.2, 0) is 0 Å². The van der Waals surface area contributed by atoms with E-state index in [2.05, 4.69) is 91.1 Å². The molecular formula is C25H33N. The minimum Gasteiger partial charge on any atom is -0.385 e. The van der Waals surface area contributed by atoms with E-state index >= 15 is 0 Å². The lowest BCUT2D eigenvalue weighted by atomic mass is 10.1. The fraction of sp³-hybridized carbons (Fsp3) is 0.360. The first-order valence-corrected chi connectivity index (χ1v) is 10.1. The predicted molar refractivity (Wildman–Crippen MR) is 117 cm³/mol. The van der Waals surface area contributed by atoms with Gasteiger partial charge in [0.1, 0.15) is 0 Å². The van der Waals surface area contributed by atoms with E-state index < -0.39 is 0 Å². The topological polar surface area (TPSA) is 12.0 Å². The number of benzene rings is 3. The van der Waals surface area contributed by atoms with Crippen LogP contribution in [0.3, 0.4) is 0 Å². The van der Waals surface area contributed by atoms with Gasteiger partial charge in [-0.25, -0.2) is 0 Å². The Kier molecular flexibility index (Phi) is 10.0. The summed E-state index contributed by atoms with van der Waals surface area (Å²) in [6, 6.07) is 27.2. The van der Waals surface area contributed by atoms with E-state index in [9.17, 15) is 0 Å². The molecule has 0 radical (unpaired) electrons. The predicted octanol–water partition coefficient (Wildman–Crippen LogP) is 7.69. The third kappa shape index (κ3) is 8.20. The molecule has 0 saturated heterocycles. The fourth-order valence-electron chi connectivity index (χ4n) is 3.00. The number of anilines is 1. The van der Waals surface area contributed by atoms with Gasteiger partial charge in [0.25, 0.3) is 0 Å². The summed E-state index contributed by atoms with van der Waals surface area (Å²) in [7, 11) is 0. The Balaban J connectivity index is 0.000000206. The quantitative estimate of drug-likeness (QED) is 0.391. The monoisotopic (exact) mass is 347 g/mol. The molecule has 0 atom stereocenters. The Morgan fingerprint density at radius 3 is 1.54 bits per heavy atom. The van der Waals surface area contributed by atoms with Crippen LogP contribution in [0.25, 0.3) is 10.8 Å². The van der Waals surface area contributed by atoms with Crippen LogP contribution in [-0.4, -0.2) is 6.54 Å². The normalized spacial score (nSPS) is 10.2. The molecule has 0 aliphatic rings. The van der Waals surface area contributed by atoms with Crippen LogP contribution in [0.5, 0.6) is 0 Å².